The van der Waals surface area contributed by atoms with Crippen LogP contribution in [0.5, 0.6) is 5.75 Å². The minimum absolute atomic E-state index is 0.226. The van der Waals surface area contributed by atoms with E-state index in [1.807, 2.05) is 37.3 Å². The molecule has 4 heteroatoms. The first-order valence-electron chi connectivity index (χ1n) is 6.27. The number of nitrogens with zero attached hydrogens (tertiary/aromatic N) is 1. The molecule has 0 fully saturated rings. The summed E-state index contributed by atoms with van der Waals surface area (Å²) in [4.78, 5) is 0. The molecule has 2 N–H and O–H groups in total. The number of aryl methyl sites for hydroxylation is 1. The fourth-order valence-corrected chi connectivity index (χ4v) is 2.14. The summed E-state index contributed by atoms with van der Waals surface area (Å²) in [7, 11) is 0. The molecule has 2 aromatic rings. The number of hydrogen-bond donors (Lipinski definition) is 1. The van der Waals surface area contributed by atoms with Crippen LogP contribution in [0.1, 0.15) is 22.8 Å². The van der Waals surface area contributed by atoms with Crippen LogP contribution in [-0.2, 0) is 0 Å². The van der Waals surface area contributed by atoms with E-state index in [1.165, 1.54) is 0 Å². The number of hydrogen-bond acceptors (Lipinski definition) is 3. The molecule has 0 radical (unpaired) electrons. The maximum atomic E-state index is 8.96. The van der Waals surface area contributed by atoms with Gasteiger partial charge in [-0.25, -0.2) is 0 Å². The lowest BCUT2D eigenvalue weighted by Crippen LogP contribution is -2.18. The van der Waals surface area contributed by atoms with Crippen molar-refractivity contribution < 1.29 is 4.74 Å². The molecule has 1 atom stereocenters. The van der Waals surface area contributed by atoms with Crippen molar-refractivity contribution in [2.75, 3.05) is 6.54 Å². The number of nitrogens with two attached hydrogens (primary N) is 1. The van der Waals surface area contributed by atoms with Crippen molar-refractivity contribution in [3.05, 3.63) is 63.6 Å². The Morgan fingerprint density at radius 3 is 2.55 bits per heavy atom. The van der Waals surface area contributed by atoms with Crippen LogP contribution < -0.4 is 10.5 Å². The summed E-state index contributed by atoms with van der Waals surface area (Å²) in [6.07, 6.45) is -0.226. The molecule has 1 unspecified atom stereocenters. The van der Waals surface area contributed by atoms with Crippen LogP contribution in [0.15, 0.2) is 46.9 Å². The predicted octanol–water partition coefficient (Wildman–Crippen LogP) is 3.71. The highest BCUT2D eigenvalue weighted by Crippen LogP contribution is 2.26. The number of halogens is 1. The van der Waals surface area contributed by atoms with Crippen LogP contribution in [0.4, 0.5) is 0 Å². The quantitative estimate of drug-likeness (QED) is 0.929. The summed E-state index contributed by atoms with van der Waals surface area (Å²) in [5.41, 5.74) is 8.39. The van der Waals surface area contributed by atoms with E-state index in [4.69, 9.17) is 15.7 Å². The lowest BCUT2D eigenvalue weighted by molar-refractivity contribution is 0.212. The van der Waals surface area contributed by atoms with E-state index < -0.39 is 0 Å². The van der Waals surface area contributed by atoms with Gasteiger partial charge in [-0.15, -0.1) is 0 Å². The monoisotopic (exact) mass is 330 g/mol. The van der Waals surface area contributed by atoms with Crippen molar-refractivity contribution >= 4 is 15.9 Å². The lowest BCUT2D eigenvalue weighted by Gasteiger charge is -2.19. The summed E-state index contributed by atoms with van der Waals surface area (Å²) in [6, 6.07) is 15.4. The van der Waals surface area contributed by atoms with Crippen molar-refractivity contribution in [3.8, 4) is 11.8 Å². The standard InChI is InChI=1S/C16H15BrN2O/c1-11-2-3-12(9-18)8-15(11)20-16(10-19)13-4-6-14(17)7-5-13/h2-8,16H,10,19H2,1H3. The van der Waals surface area contributed by atoms with Gasteiger partial charge in [-0.1, -0.05) is 34.1 Å². The molecule has 3 nitrogen and oxygen atoms in total. The van der Waals surface area contributed by atoms with Crippen LogP contribution >= 0.6 is 15.9 Å². The molecule has 0 spiro atoms. The summed E-state index contributed by atoms with van der Waals surface area (Å²) in [5, 5.41) is 8.96. The third kappa shape index (κ3) is 3.38. The molecular weight excluding hydrogens is 316 g/mol. The van der Waals surface area contributed by atoms with E-state index in [9.17, 15) is 0 Å². The van der Waals surface area contributed by atoms with E-state index >= 15 is 0 Å². The van der Waals surface area contributed by atoms with E-state index in [2.05, 4.69) is 22.0 Å². The molecule has 0 heterocycles. The molecule has 0 aliphatic carbocycles. The molecule has 2 aromatic carbocycles. The Morgan fingerprint density at radius 2 is 1.95 bits per heavy atom. The fraction of sp³-hybridized carbons (Fsp3) is 0.188. The van der Waals surface area contributed by atoms with Crippen LogP contribution in [0.25, 0.3) is 0 Å². The number of nitriles is 1. The second-order valence-corrected chi connectivity index (χ2v) is 5.40. The first-order chi connectivity index (χ1) is 9.63. The van der Waals surface area contributed by atoms with Crippen molar-refractivity contribution in [3.63, 3.8) is 0 Å². The Labute approximate surface area is 127 Å². The molecule has 20 heavy (non-hydrogen) atoms. The van der Waals surface area contributed by atoms with Gasteiger partial charge in [-0.05, 0) is 42.3 Å². The third-order valence-electron chi connectivity index (χ3n) is 3.04. The average Bonchev–Trinajstić information content (AvgIpc) is 2.47. The van der Waals surface area contributed by atoms with Gasteiger partial charge in [0.2, 0.25) is 0 Å². The SMILES string of the molecule is Cc1ccc(C#N)cc1OC(CN)c1ccc(Br)cc1. The van der Waals surface area contributed by atoms with Crippen LogP contribution in [0.3, 0.4) is 0 Å². The molecule has 0 aromatic heterocycles. The average molecular weight is 331 g/mol. The maximum Gasteiger partial charge on any atom is 0.136 e. The zero-order chi connectivity index (χ0) is 14.5. The fourth-order valence-electron chi connectivity index (χ4n) is 1.88. The van der Waals surface area contributed by atoms with Crippen molar-refractivity contribution in [1.29, 1.82) is 5.26 Å². The van der Waals surface area contributed by atoms with Gasteiger partial charge < -0.3 is 10.5 Å². The third-order valence-corrected chi connectivity index (χ3v) is 3.57. The number of benzene rings is 2. The highest BCUT2D eigenvalue weighted by molar-refractivity contribution is 9.10. The van der Waals surface area contributed by atoms with Crippen LogP contribution in [0, 0.1) is 18.3 Å². The summed E-state index contributed by atoms with van der Waals surface area (Å²) < 4.78 is 6.99. The van der Waals surface area contributed by atoms with Crippen molar-refractivity contribution in [2.24, 2.45) is 5.73 Å². The topological polar surface area (TPSA) is 59.0 Å². The molecule has 0 bridgehead atoms. The van der Waals surface area contributed by atoms with Gasteiger partial charge in [0.15, 0.2) is 0 Å². The molecule has 0 saturated heterocycles. The Morgan fingerprint density at radius 1 is 1.25 bits per heavy atom. The van der Waals surface area contributed by atoms with Gasteiger partial charge in [0.05, 0.1) is 11.6 Å². The minimum atomic E-state index is -0.226. The van der Waals surface area contributed by atoms with E-state index in [0.29, 0.717) is 17.9 Å². The smallest absolute Gasteiger partial charge is 0.136 e. The summed E-state index contributed by atoms with van der Waals surface area (Å²) in [5.74, 6) is 0.697. The molecule has 0 aliphatic rings. The highest BCUT2D eigenvalue weighted by Gasteiger charge is 2.13. The highest BCUT2D eigenvalue weighted by atomic mass is 79.9. The number of ether oxygens (including phenoxy) is 1. The van der Waals surface area contributed by atoms with E-state index in [-0.39, 0.29) is 6.10 Å². The van der Waals surface area contributed by atoms with Gasteiger partial charge in [0.1, 0.15) is 11.9 Å². The minimum Gasteiger partial charge on any atom is -0.484 e. The summed E-state index contributed by atoms with van der Waals surface area (Å²) >= 11 is 3.41. The second kappa shape index (κ2) is 6.56. The molecular formula is C16H15BrN2O. The van der Waals surface area contributed by atoms with Gasteiger partial charge in [0.25, 0.3) is 0 Å². The Bertz CT molecular complexity index is 632. The first-order valence-corrected chi connectivity index (χ1v) is 7.06. The van der Waals surface area contributed by atoms with Gasteiger partial charge in [-0.2, -0.15) is 5.26 Å². The zero-order valence-corrected chi connectivity index (χ0v) is 12.7. The van der Waals surface area contributed by atoms with Gasteiger partial charge >= 0.3 is 0 Å². The lowest BCUT2D eigenvalue weighted by atomic mass is 10.1. The van der Waals surface area contributed by atoms with Crippen LogP contribution in [-0.4, -0.2) is 6.54 Å². The zero-order valence-electron chi connectivity index (χ0n) is 11.1. The first kappa shape index (κ1) is 14.6. The van der Waals surface area contributed by atoms with Crippen molar-refractivity contribution in [2.45, 2.75) is 13.0 Å². The predicted molar refractivity (Wildman–Crippen MR) is 82.5 cm³/mol. The number of rotatable bonds is 4. The molecule has 0 saturated carbocycles. The molecule has 102 valence electrons. The Hall–Kier alpha value is -1.83. The molecule has 0 amide bonds. The Kier molecular flexibility index (Phi) is 4.78. The summed E-state index contributed by atoms with van der Waals surface area (Å²) in [6.45, 7) is 2.32. The maximum absolute atomic E-state index is 8.96. The van der Waals surface area contributed by atoms with E-state index in [0.717, 1.165) is 15.6 Å². The second-order valence-electron chi connectivity index (χ2n) is 4.49. The van der Waals surface area contributed by atoms with Gasteiger partial charge in [-0.3, -0.25) is 0 Å². The normalized spacial score (nSPS) is 11.7. The van der Waals surface area contributed by atoms with Crippen molar-refractivity contribution in [1.82, 2.24) is 0 Å². The Balaban J connectivity index is 2.26. The largest absolute Gasteiger partial charge is 0.484 e. The van der Waals surface area contributed by atoms with E-state index in [1.54, 1.807) is 12.1 Å². The van der Waals surface area contributed by atoms with Crippen LogP contribution in [0.2, 0.25) is 0 Å². The van der Waals surface area contributed by atoms with Gasteiger partial charge in [0, 0.05) is 11.0 Å². The molecule has 2 rings (SSSR count). The molecule has 0 aliphatic heterocycles.